The molecule has 0 aromatic rings. The first-order chi connectivity index (χ1) is 6.15. The first-order valence-corrected chi connectivity index (χ1v) is 6.51. The summed E-state index contributed by atoms with van der Waals surface area (Å²) in [6.45, 7) is 5.12. The summed E-state index contributed by atoms with van der Waals surface area (Å²) >= 11 is 2.15. The molecule has 1 aliphatic rings. The van der Waals surface area contributed by atoms with Crippen molar-refractivity contribution in [2.75, 3.05) is 11.0 Å². The van der Waals surface area contributed by atoms with E-state index in [0.717, 1.165) is 0 Å². The number of likely N-dealkylation sites (tertiary alicyclic amines) is 1. The number of carbonyl (C=O) groups is 1. The first kappa shape index (κ1) is 11.4. The summed E-state index contributed by atoms with van der Waals surface area (Å²) in [7, 11) is 0. The molecule has 0 amide bonds. The number of carbonyl (C=O) groups excluding carboxylic acids is 1. The average Bonchev–Trinajstić information content (AvgIpc) is 2.11. The maximum atomic E-state index is 11.3. The Kier molecular flexibility index (Phi) is 4.66. The molecule has 0 N–H and O–H groups in total. The maximum Gasteiger partial charge on any atom is 0.156 e. The van der Waals surface area contributed by atoms with Crippen LogP contribution in [0.1, 0.15) is 33.1 Å². The van der Waals surface area contributed by atoms with E-state index in [9.17, 15) is 4.79 Å². The topological polar surface area (TPSA) is 20.3 Å². The minimum atomic E-state index is 0.362. The highest BCUT2D eigenvalue weighted by Gasteiger charge is 2.25. The Morgan fingerprint density at radius 2 is 1.92 bits per heavy atom. The van der Waals surface area contributed by atoms with Crippen LogP contribution < -0.4 is 0 Å². The fourth-order valence-electron chi connectivity index (χ4n) is 2.03. The lowest BCUT2D eigenvalue weighted by atomic mass is 9.97. The quantitative estimate of drug-likeness (QED) is 0.588. The van der Waals surface area contributed by atoms with Gasteiger partial charge in [-0.15, -0.1) is 0 Å². The first-order valence-electron chi connectivity index (χ1n) is 4.98. The Balaban J connectivity index is 2.48. The van der Waals surface area contributed by atoms with Crippen LogP contribution in [0.4, 0.5) is 0 Å². The molecule has 3 heteroatoms. The van der Waals surface area contributed by atoms with E-state index in [1.807, 2.05) is 0 Å². The fourth-order valence-corrected chi connectivity index (χ4v) is 2.27. The zero-order chi connectivity index (χ0) is 9.84. The Labute approximate surface area is 94.2 Å². The monoisotopic (exact) mass is 295 g/mol. The number of ketones is 1. The molecule has 2 atom stereocenters. The summed E-state index contributed by atoms with van der Waals surface area (Å²) in [6.07, 6.45) is 3.81. The van der Waals surface area contributed by atoms with Crippen molar-refractivity contribution in [1.82, 2.24) is 4.90 Å². The number of hydrogen-bond donors (Lipinski definition) is 0. The molecule has 1 saturated heterocycles. The summed E-state index contributed by atoms with van der Waals surface area (Å²) < 4.78 is 0.647. The highest BCUT2D eigenvalue weighted by Crippen LogP contribution is 2.21. The molecule has 1 heterocycles. The van der Waals surface area contributed by atoms with Crippen LogP contribution in [0.5, 0.6) is 0 Å². The summed E-state index contributed by atoms with van der Waals surface area (Å²) in [5, 5.41) is 0. The molecule has 1 rings (SSSR count). The lowest BCUT2D eigenvalue weighted by Gasteiger charge is -2.38. The molecule has 13 heavy (non-hydrogen) atoms. The van der Waals surface area contributed by atoms with Crippen molar-refractivity contribution in [3.63, 3.8) is 0 Å². The van der Waals surface area contributed by atoms with E-state index >= 15 is 0 Å². The van der Waals surface area contributed by atoms with Crippen LogP contribution >= 0.6 is 22.6 Å². The minimum absolute atomic E-state index is 0.362. The number of hydrogen-bond acceptors (Lipinski definition) is 2. The van der Waals surface area contributed by atoms with Crippen LogP contribution in [0.25, 0.3) is 0 Å². The number of rotatable bonds is 3. The van der Waals surface area contributed by atoms with Crippen LogP contribution in [0.2, 0.25) is 0 Å². The van der Waals surface area contributed by atoms with Gasteiger partial charge in [0.2, 0.25) is 0 Å². The SMILES string of the molecule is CC1CCCC(C)N1CC(=O)CI. The van der Waals surface area contributed by atoms with Gasteiger partial charge >= 0.3 is 0 Å². The van der Waals surface area contributed by atoms with E-state index in [2.05, 4.69) is 41.3 Å². The van der Waals surface area contributed by atoms with Gasteiger partial charge in [-0.05, 0) is 26.7 Å². The molecule has 0 bridgehead atoms. The Bertz CT molecular complexity index is 174. The molecule has 2 unspecified atom stereocenters. The second-order valence-electron chi connectivity index (χ2n) is 3.97. The van der Waals surface area contributed by atoms with Gasteiger partial charge < -0.3 is 0 Å². The van der Waals surface area contributed by atoms with Gasteiger partial charge in [-0.1, -0.05) is 29.0 Å². The van der Waals surface area contributed by atoms with Gasteiger partial charge in [0.05, 0.1) is 11.0 Å². The van der Waals surface area contributed by atoms with Crippen molar-refractivity contribution in [2.45, 2.75) is 45.2 Å². The van der Waals surface area contributed by atoms with Crippen LogP contribution in [0.3, 0.4) is 0 Å². The molecule has 0 aliphatic carbocycles. The third kappa shape index (κ3) is 3.20. The Hall–Kier alpha value is 0.360. The largest absolute Gasteiger partial charge is 0.297 e. The highest BCUT2D eigenvalue weighted by atomic mass is 127. The van der Waals surface area contributed by atoms with Gasteiger partial charge in [-0.2, -0.15) is 0 Å². The van der Waals surface area contributed by atoms with Crippen LogP contribution in [0, 0.1) is 0 Å². The van der Waals surface area contributed by atoms with Gasteiger partial charge in [-0.25, -0.2) is 0 Å². The molecule has 1 fully saturated rings. The van der Waals surface area contributed by atoms with Gasteiger partial charge in [-0.3, -0.25) is 9.69 Å². The molecule has 1 aliphatic heterocycles. The Morgan fingerprint density at radius 1 is 1.38 bits per heavy atom. The van der Waals surface area contributed by atoms with Crippen molar-refractivity contribution < 1.29 is 4.79 Å². The van der Waals surface area contributed by atoms with E-state index in [0.29, 0.717) is 28.8 Å². The smallest absolute Gasteiger partial charge is 0.156 e. The predicted molar refractivity (Wildman–Crippen MR) is 63.4 cm³/mol. The standard InChI is InChI=1S/C10H18INO/c1-8-4-3-5-9(2)12(8)7-10(13)6-11/h8-9H,3-7H2,1-2H3. The zero-order valence-electron chi connectivity index (χ0n) is 8.42. The molecule has 0 radical (unpaired) electrons. The molecule has 0 spiro atoms. The van der Waals surface area contributed by atoms with Crippen molar-refractivity contribution in [3.8, 4) is 0 Å². The molecular formula is C10H18INO. The van der Waals surface area contributed by atoms with E-state index in [4.69, 9.17) is 0 Å². The van der Waals surface area contributed by atoms with Gasteiger partial charge in [0.15, 0.2) is 5.78 Å². The number of halogens is 1. The zero-order valence-corrected chi connectivity index (χ0v) is 10.6. The Morgan fingerprint density at radius 3 is 2.38 bits per heavy atom. The molecule has 0 saturated carbocycles. The third-order valence-corrected chi connectivity index (χ3v) is 3.73. The number of piperidine rings is 1. The van der Waals surface area contributed by atoms with E-state index in [-0.39, 0.29) is 0 Å². The van der Waals surface area contributed by atoms with Gasteiger partial charge in [0.1, 0.15) is 0 Å². The average molecular weight is 295 g/mol. The molecule has 76 valence electrons. The summed E-state index contributed by atoms with van der Waals surface area (Å²) in [5.74, 6) is 0.362. The number of Topliss-reactive ketones (excluding diaryl/α,β-unsaturated/α-hetero) is 1. The molecular weight excluding hydrogens is 277 g/mol. The molecule has 2 nitrogen and oxygen atoms in total. The molecule has 0 aromatic heterocycles. The number of alkyl halides is 1. The minimum Gasteiger partial charge on any atom is -0.297 e. The van der Waals surface area contributed by atoms with Gasteiger partial charge in [0, 0.05) is 12.1 Å². The van der Waals surface area contributed by atoms with Crippen molar-refractivity contribution in [2.24, 2.45) is 0 Å². The van der Waals surface area contributed by atoms with Gasteiger partial charge in [0.25, 0.3) is 0 Å². The third-order valence-electron chi connectivity index (χ3n) is 2.88. The summed E-state index contributed by atoms with van der Waals surface area (Å²) in [6, 6.07) is 1.19. The lowest BCUT2D eigenvalue weighted by Crippen LogP contribution is -2.46. The van der Waals surface area contributed by atoms with Crippen LogP contribution in [0.15, 0.2) is 0 Å². The van der Waals surface area contributed by atoms with Crippen LogP contribution in [-0.4, -0.2) is 33.7 Å². The fraction of sp³-hybridized carbons (Fsp3) is 0.900. The lowest BCUT2D eigenvalue weighted by molar-refractivity contribution is -0.119. The van der Waals surface area contributed by atoms with E-state index in [1.54, 1.807) is 0 Å². The molecule has 0 aromatic carbocycles. The second-order valence-corrected chi connectivity index (χ2v) is 4.74. The summed E-state index contributed by atoms with van der Waals surface area (Å²) in [5.41, 5.74) is 0. The highest BCUT2D eigenvalue weighted by molar-refractivity contribution is 14.1. The maximum absolute atomic E-state index is 11.3. The van der Waals surface area contributed by atoms with Crippen molar-refractivity contribution in [3.05, 3.63) is 0 Å². The predicted octanol–water partition coefficient (Wildman–Crippen LogP) is 2.25. The second kappa shape index (κ2) is 5.29. The van der Waals surface area contributed by atoms with Crippen molar-refractivity contribution >= 4 is 28.4 Å². The van der Waals surface area contributed by atoms with Crippen LogP contribution in [-0.2, 0) is 4.79 Å². The van der Waals surface area contributed by atoms with E-state index in [1.165, 1.54) is 19.3 Å². The number of nitrogens with zero attached hydrogens (tertiary/aromatic N) is 1. The normalized spacial score (nSPS) is 30.4. The summed E-state index contributed by atoms with van der Waals surface area (Å²) in [4.78, 5) is 13.7. The van der Waals surface area contributed by atoms with E-state index < -0.39 is 0 Å². The van der Waals surface area contributed by atoms with Crippen molar-refractivity contribution in [1.29, 1.82) is 0 Å².